The lowest BCUT2D eigenvalue weighted by atomic mass is 9.69. The molecule has 268 valence electrons. The largest absolute Gasteiger partial charge is 0.292 e. The standard InChI is InChI=1S/C56H34N2/c1-2-14-40(15-3-1)58-52-25-13-12-24-51(52)57-55(58)36-28-26-35(27-29-36)37-30-31-38-33-47-50(34-39(38)32-37)56(48-22-10-8-18-43(48)44-19-9-11-23-49(44)56)54-46-21-7-5-17-42(46)41-16-4-6-20-45(41)53(47)54/h1-34H. The number of rotatable bonds is 3. The van der Waals surface area contributed by atoms with Crippen LogP contribution in [0, 0.1) is 0 Å². The first-order chi connectivity index (χ1) is 28.8. The zero-order valence-electron chi connectivity index (χ0n) is 31.5. The van der Waals surface area contributed by atoms with Crippen LogP contribution in [-0.4, -0.2) is 9.55 Å². The van der Waals surface area contributed by atoms with Crippen LogP contribution in [0.5, 0.6) is 0 Å². The van der Waals surface area contributed by atoms with Gasteiger partial charge in [0.15, 0.2) is 0 Å². The smallest absolute Gasteiger partial charge is 0.145 e. The number of hydrogen-bond donors (Lipinski definition) is 0. The van der Waals surface area contributed by atoms with Gasteiger partial charge in [0.25, 0.3) is 0 Å². The lowest BCUT2D eigenvalue weighted by molar-refractivity contribution is 0.803. The molecule has 1 spiro atoms. The second-order valence-electron chi connectivity index (χ2n) is 15.8. The van der Waals surface area contributed by atoms with Gasteiger partial charge >= 0.3 is 0 Å². The van der Waals surface area contributed by atoms with E-state index < -0.39 is 5.41 Å². The van der Waals surface area contributed by atoms with Crippen LogP contribution >= 0.6 is 0 Å². The maximum Gasteiger partial charge on any atom is 0.145 e. The van der Waals surface area contributed by atoms with Crippen molar-refractivity contribution in [1.82, 2.24) is 9.55 Å². The number of benzene rings is 10. The zero-order chi connectivity index (χ0) is 38.0. The first-order valence-electron chi connectivity index (χ1n) is 20.1. The molecule has 1 aromatic heterocycles. The van der Waals surface area contributed by atoms with Gasteiger partial charge in [-0.25, -0.2) is 4.98 Å². The normalized spacial score (nSPS) is 13.3. The molecule has 0 saturated carbocycles. The fraction of sp³-hybridized carbons (Fsp3) is 0.0179. The molecule has 0 unspecified atom stereocenters. The fourth-order valence-electron chi connectivity index (χ4n) is 10.6. The maximum absolute atomic E-state index is 5.12. The van der Waals surface area contributed by atoms with E-state index >= 15 is 0 Å². The number of fused-ring (bicyclic) bond motifs is 17. The predicted molar refractivity (Wildman–Crippen MR) is 241 cm³/mol. The minimum absolute atomic E-state index is 0.461. The fourth-order valence-corrected chi connectivity index (χ4v) is 10.6. The van der Waals surface area contributed by atoms with Crippen molar-refractivity contribution in [1.29, 1.82) is 0 Å². The molecule has 10 aromatic carbocycles. The second-order valence-corrected chi connectivity index (χ2v) is 15.8. The Balaban J connectivity index is 1.03. The lowest BCUT2D eigenvalue weighted by Gasteiger charge is -2.32. The molecule has 0 N–H and O–H groups in total. The molecule has 13 rings (SSSR count). The lowest BCUT2D eigenvalue weighted by Crippen LogP contribution is -2.26. The van der Waals surface area contributed by atoms with Gasteiger partial charge in [-0.1, -0.05) is 164 Å². The first-order valence-corrected chi connectivity index (χ1v) is 20.1. The Bertz CT molecular complexity index is 3450. The van der Waals surface area contributed by atoms with E-state index in [0.29, 0.717) is 0 Å². The maximum atomic E-state index is 5.12. The molecule has 2 aliphatic rings. The van der Waals surface area contributed by atoms with Crippen LogP contribution in [0.2, 0.25) is 0 Å². The van der Waals surface area contributed by atoms with Crippen molar-refractivity contribution in [2.45, 2.75) is 5.41 Å². The average molecular weight is 735 g/mol. The van der Waals surface area contributed by atoms with Gasteiger partial charge in [-0.15, -0.1) is 0 Å². The van der Waals surface area contributed by atoms with Gasteiger partial charge in [0.05, 0.1) is 16.4 Å². The monoisotopic (exact) mass is 734 g/mol. The van der Waals surface area contributed by atoms with Crippen LogP contribution < -0.4 is 0 Å². The molecule has 0 radical (unpaired) electrons. The van der Waals surface area contributed by atoms with Gasteiger partial charge in [0.2, 0.25) is 0 Å². The molecule has 0 atom stereocenters. The topological polar surface area (TPSA) is 17.8 Å². The summed E-state index contributed by atoms with van der Waals surface area (Å²) < 4.78 is 2.26. The van der Waals surface area contributed by atoms with Gasteiger partial charge in [0.1, 0.15) is 5.82 Å². The van der Waals surface area contributed by atoms with Crippen LogP contribution in [0.1, 0.15) is 22.3 Å². The Morgan fingerprint density at radius 3 is 1.72 bits per heavy atom. The van der Waals surface area contributed by atoms with Crippen molar-refractivity contribution in [2.24, 2.45) is 0 Å². The molecule has 11 aromatic rings. The molecule has 0 bridgehead atoms. The summed E-state index contributed by atoms with van der Waals surface area (Å²) in [5.74, 6) is 0.940. The van der Waals surface area contributed by atoms with Gasteiger partial charge in [-0.05, 0) is 130 Å². The van der Waals surface area contributed by atoms with E-state index in [1.807, 2.05) is 0 Å². The Morgan fingerprint density at radius 2 is 0.966 bits per heavy atom. The molecule has 0 fully saturated rings. The summed E-state index contributed by atoms with van der Waals surface area (Å²) in [6.07, 6.45) is 0. The van der Waals surface area contributed by atoms with E-state index in [2.05, 4.69) is 211 Å². The van der Waals surface area contributed by atoms with Crippen LogP contribution in [0.3, 0.4) is 0 Å². The highest BCUT2D eigenvalue weighted by molar-refractivity contribution is 6.20. The molecule has 0 saturated heterocycles. The van der Waals surface area contributed by atoms with Crippen molar-refractivity contribution >= 4 is 43.4 Å². The molecule has 2 heteroatoms. The number of nitrogens with zero attached hydrogens (tertiary/aromatic N) is 2. The minimum Gasteiger partial charge on any atom is -0.292 e. The minimum atomic E-state index is -0.461. The van der Waals surface area contributed by atoms with Gasteiger partial charge in [-0.3, -0.25) is 4.57 Å². The summed E-state index contributed by atoms with van der Waals surface area (Å²) in [5, 5.41) is 7.74. The molecular formula is C56H34N2. The molecular weight excluding hydrogens is 701 g/mol. The van der Waals surface area contributed by atoms with Crippen LogP contribution in [0.25, 0.3) is 93.8 Å². The Kier molecular flexibility index (Phi) is 6.40. The van der Waals surface area contributed by atoms with E-state index in [1.165, 1.54) is 88.0 Å². The summed E-state index contributed by atoms with van der Waals surface area (Å²) in [7, 11) is 0. The van der Waals surface area contributed by atoms with Crippen molar-refractivity contribution in [2.75, 3.05) is 0 Å². The average Bonchev–Trinajstić information content (AvgIpc) is 3.93. The summed E-state index contributed by atoms with van der Waals surface area (Å²) in [4.78, 5) is 5.12. The van der Waals surface area contributed by atoms with E-state index in [4.69, 9.17) is 4.98 Å². The van der Waals surface area contributed by atoms with E-state index in [9.17, 15) is 0 Å². The van der Waals surface area contributed by atoms with Crippen molar-refractivity contribution in [3.63, 3.8) is 0 Å². The zero-order valence-corrected chi connectivity index (χ0v) is 31.5. The summed E-state index contributed by atoms with van der Waals surface area (Å²) in [6.45, 7) is 0. The second kappa shape index (κ2) is 11.7. The first kappa shape index (κ1) is 31.6. The molecule has 0 amide bonds. The van der Waals surface area contributed by atoms with Gasteiger partial charge < -0.3 is 0 Å². The Morgan fingerprint density at radius 1 is 0.379 bits per heavy atom. The quantitative estimate of drug-likeness (QED) is 0.165. The number of imidazole rings is 1. The predicted octanol–water partition coefficient (Wildman–Crippen LogP) is 14.2. The Labute approximate surface area is 335 Å². The highest BCUT2D eigenvalue weighted by Crippen LogP contribution is 2.65. The SMILES string of the molecule is c1ccc(-n2c(-c3ccc(-c4ccc5cc6c(cc5c4)C4(c5ccccc5-c5ccccc54)c4c-6c5ccccc5c5ccccc45)cc3)nc3ccccc32)cc1. The third-order valence-electron chi connectivity index (χ3n) is 13.0. The van der Waals surface area contributed by atoms with Crippen molar-refractivity contribution in [3.05, 3.63) is 229 Å². The Hall–Kier alpha value is -7.55. The number of hydrogen-bond acceptors (Lipinski definition) is 1. The third-order valence-corrected chi connectivity index (χ3v) is 13.0. The van der Waals surface area contributed by atoms with E-state index in [1.54, 1.807) is 0 Å². The van der Waals surface area contributed by atoms with Crippen molar-refractivity contribution in [3.8, 4) is 50.5 Å². The molecule has 2 nitrogen and oxygen atoms in total. The molecule has 1 heterocycles. The van der Waals surface area contributed by atoms with Crippen LogP contribution in [0.4, 0.5) is 0 Å². The molecule has 0 aliphatic heterocycles. The van der Waals surface area contributed by atoms with E-state index in [0.717, 1.165) is 28.1 Å². The molecule has 2 aliphatic carbocycles. The highest BCUT2D eigenvalue weighted by Gasteiger charge is 2.53. The molecule has 58 heavy (non-hydrogen) atoms. The van der Waals surface area contributed by atoms with Gasteiger partial charge in [-0.2, -0.15) is 0 Å². The third kappa shape index (κ3) is 4.13. The van der Waals surface area contributed by atoms with Crippen LogP contribution in [0.15, 0.2) is 206 Å². The number of aromatic nitrogens is 2. The highest BCUT2D eigenvalue weighted by atomic mass is 15.1. The number of para-hydroxylation sites is 3. The summed E-state index contributed by atoms with van der Waals surface area (Å²) in [6, 6.07) is 76.2. The summed E-state index contributed by atoms with van der Waals surface area (Å²) >= 11 is 0. The van der Waals surface area contributed by atoms with Crippen molar-refractivity contribution < 1.29 is 0 Å². The van der Waals surface area contributed by atoms with Gasteiger partial charge in [0, 0.05) is 11.3 Å². The van der Waals surface area contributed by atoms with Crippen LogP contribution in [-0.2, 0) is 5.41 Å². The van der Waals surface area contributed by atoms with E-state index in [-0.39, 0.29) is 0 Å². The summed E-state index contributed by atoms with van der Waals surface area (Å²) in [5.41, 5.74) is 17.0.